The fourth-order valence-corrected chi connectivity index (χ4v) is 2.88. The summed E-state index contributed by atoms with van der Waals surface area (Å²) in [6.07, 6.45) is 1.73. The number of aromatic nitrogens is 1. The Labute approximate surface area is 167 Å². The van der Waals surface area contributed by atoms with Crippen molar-refractivity contribution in [1.82, 2.24) is 4.98 Å². The molecule has 0 saturated heterocycles. The minimum atomic E-state index is -0.349. The molecule has 0 bridgehead atoms. The highest BCUT2D eigenvalue weighted by Gasteiger charge is 2.08. The molecule has 3 amide bonds. The quantitative estimate of drug-likeness (QED) is 0.457. The van der Waals surface area contributed by atoms with Crippen LogP contribution in [0.4, 0.5) is 21.9 Å². The van der Waals surface area contributed by atoms with Crippen molar-refractivity contribution in [3.8, 4) is 0 Å². The topological polar surface area (TPSA) is 83.1 Å². The van der Waals surface area contributed by atoms with Gasteiger partial charge in [-0.3, -0.25) is 9.78 Å². The molecule has 6 heteroatoms. The zero-order valence-electron chi connectivity index (χ0n) is 15.4. The molecule has 0 radical (unpaired) electrons. The number of hydrogen-bond acceptors (Lipinski definition) is 3. The van der Waals surface area contributed by atoms with Crippen LogP contribution in [0.1, 0.15) is 10.4 Å². The van der Waals surface area contributed by atoms with Gasteiger partial charge in [0.15, 0.2) is 0 Å². The Morgan fingerprint density at radius 1 is 0.655 bits per heavy atom. The maximum Gasteiger partial charge on any atom is 0.323 e. The summed E-state index contributed by atoms with van der Waals surface area (Å²) in [5.74, 6) is -0.228. The summed E-state index contributed by atoms with van der Waals surface area (Å²) < 4.78 is 0. The van der Waals surface area contributed by atoms with Crippen molar-refractivity contribution in [3.63, 3.8) is 0 Å². The molecule has 3 N–H and O–H groups in total. The average molecular weight is 382 g/mol. The zero-order chi connectivity index (χ0) is 20.1. The van der Waals surface area contributed by atoms with E-state index in [2.05, 4.69) is 20.9 Å². The predicted octanol–water partition coefficient (Wildman–Crippen LogP) is 5.13. The number of nitrogens with zero attached hydrogens (tertiary/aromatic N) is 1. The number of nitrogens with one attached hydrogen (secondary N) is 3. The van der Waals surface area contributed by atoms with E-state index in [0.29, 0.717) is 22.6 Å². The molecule has 0 fully saturated rings. The largest absolute Gasteiger partial charge is 0.323 e. The fraction of sp³-hybridized carbons (Fsp3) is 0. The molecule has 29 heavy (non-hydrogen) atoms. The van der Waals surface area contributed by atoms with Crippen LogP contribution in [-0.2, 0) is 0 Å². The van der Waals surface area contributed by atoms with Gasteiger partial charge in [-0.1, -0.05) is 24.3 Å². The van der Waals surface area contributed by atoms with E-state index in [-0.39, 0.29) is 11.9 Å². The van der Waals surface area contributed by atoms with Crippen LogP contribution < -0.4 is 16.0 Å². The van der Waals surface area contributed by atoms with Gasteiger partial charge in [0.05, 0.1) is 5.52 Å². The lowest BCUT2D eigenvalue weighted by Crippen LogP contribution is -2.19. The van der Waals surface area contributed by atoms with Crippen LogP contribution in [0.5, 0.6) is 0 Å². The summed E-state index contributed by atoms with van der Waals surface area (Å²) in [6, 6.07) is 24.9. The van der Waals surface area contributed by atoms with E-state index >= 15 is 0 Å². The molecule has 4 aromatic rings. The van der Waals surface area contributed by atoms with Crippen LogP contribution in [0.25, 0.3) is 10.9 Å². The van der Waals surface area contributed by atoms with Crippen molar-refractivity contribution < 1.29 is 9.59 Å². The first kappa shape index (κ1) is 18.2. The van der Waals surface area contributed by atoms with E-state index in [9.17, 15) is 9.59 Å². The third-order valence-electron chi connectivity index (χ3n) is 4.30. The van der Waals surface area contributed by atoms with Gasteiger partial charge in [-0.2, -0.15) is 0 Å². The number of rotatable bonds is 4. The highest BCUT2D eigenvalue weighted by Crippen LogP contribution is 2.18. The molecule has 6 nitrogen and oxygen atoms in total. The number of fused-ring (bicyclic) bond motifs is 1. The predicted molar refractivity (Wildman–Crippen MR) is 115 cm³/mol. The van der Waals surface area contributed by atoms with Crippen molar-refractivity contribution >= 4 is 39.9 Å². The van der Waals surface area contributed by atoms with Gasteiger partial charge in [-0.15, -0.1) is 0 Å². The van der Waals surface area contributed by atoms with E-state index in [1.807, 2.05) is 48.5 Å². The second-order valence-corrected chi connectivity index (χ2v) is 6.39. The average Bonchev–Trinajstić information content (AvgIpc) is 2.75. The Bertz CT molecular complexity index is 1160. The van der Waals surface area contributed by atoms with Gasteiger partial charge in [0, 0.05) is 34.2 Å². The lowest BCUT2D eigenvalue weighted by atomic mass is 10.1. The maximum absolute atomic E-state index is 12.5. The van der Waals surface area contributed by atoms with Crippen LogP contribution >= 0.6 is 0 Å². The summed E-state index contributed by atoms with van der Waals surface area (Å²) in [7, 11) is 0. The number of hydrogen-bond donors (Lipinski definition) is 3. The molecule has 0 saturated carbocycles. The molecule has 142 valence electrons. The third kappa shape index (κ3) is 4.56. The molecule has 0 unspecified atom stereocenters. The van der Waals surface area contributed by atoms with Gasteiger partial charge in [-0.05, 0) is 60.7 Å². The van der Waals surface area contributed by atoms with Crippen molar-refractivity contribution in [3.05, 3.63) is 96.7 Å². The van der Waals surface area contributed by atoms with Crippen molar-refractivity contribution in [1.29, 1.82) is 0 Å². The van der Waals surface area contributed by atoms with Crippen LogP contribution in [0.2, 0.25) is 0 Å². The number of amides is 3. The Morgan fingerprint density at radius 2 is 1.34 bits per heavy atom. The van der Waals surface area contributed by atoms with Gasteiger partial charge >= 0.3 is 6.03 Å². The highest BCUT2D eigenvalue weighted by molar-refractivity contribution is 6.05. The number of anilines is 3. The number of para-hydroxylation sites is 1. The van der Waals surface area contributed by atoms with Crippen LogP contribution in [0.15, 0.2) is 91.1 Å². The highest BCUT2D eigenvalue weighted by atomic mass is 16.2. The summed E-state index contributed by atoms with van der Waals surface area (Å²) in [4.78, 5) is 28.8. The van der Waals surface area contributed by atoms with E-state index in [1.54, 1.807) is 42.6 Å². The van der Waals surface area contributed by atoms with Crippen molar-refractivity contribution in [2.45, 2.75) is 0 Å². The van der Waals surface area contributed by atoms with Crippen LogP contribution in [0.3, 0.4) is 0 Å². The Balaban J connectivity index is 1.38. The number of benzene rings is 3. The molecular weight excluding hydrogens is 364 g/mol. The van der Waals surface area contributed by atoms with Gasteiger partial charge in [0.2, 0.25) is 0 Å². The standard InChI is InChI=1S/C23H18N4O2/c28-22(25-20-12-13-21-17(15-20)5-4-14-24-21)16-8-10-19(11-9-16)27-23(29)26-18-6-2-1-3-7-18/h1-15H,(H,25,28)(H2,26,27,29). The molecule has 1 aromatic heterocycles. The normalized spacial score (nSPS) is 10.3. The van der Waals surface area contributed by atoms with Gasteiger partial charge in [0.1, 0.15) is 0 Å². The van der Waals surface area contributed by atoms with Crippen LogP contribution in [0, 0.1) is 0 Å². The van der Waals surface area contributed by atoms with Crippen LogP contribution in [-0.4, -0.2) is 16.9 Å². The Hall–Kier alpha value is -4.19. The summed E-state index contributed by atoms with van der Waals surface area (Å²) in [5.41, 5.74) is 3.35. The first-order chi connectivity index (χ1) is 14.2. The SMILES string of the molecule is O=C(Nc1ccccc1)Nc1ccc(C(=O)Nc2ccc3ncccc3c2)cc1. The third-order valence-corrected chi connectivity index (χ3v) is 4.30. The van der Waals surface area contributed by atoms with Gasteiger partial charge in [-0.25, -0.2) is 4.79 Å². The maximum atomic E-state index is 12.5. The fourth-order valence-electron chi connectivity index (χ4n) is 2.88. The monoisotopic (exact) mass is 382 g/mol. The van der Waals surface area contributed by atoms with E-state index < -0.39 is 0 Å². The number of carbonyl (C=O) groups excluding carboxylic acids is 2. The molecule has 1 heterocycles. The first-order valence-corrected chi connectivity index (χ1v) is 9.07. The molecule has 0 spiro atoms. The Kier molecular flexibility index (Phi) is 5.16. The molecule has 4 rings (SSSR count). The summed E-state index contributed by atoms with van der Waals surface area (Å²) >= 11 is 0. The molecular formula is C23H18N4O2. The minimum Gasteiger partial charge on any atom is -0.322 e. The van der Waals surface area contributed by atoms with Crippen molar-refractivity contribution in [2.24, 2.45) is 0 Å². The number of urea groups is 1. The molecule has 0 aliphatic carbocycles. The summed E-state index contributed by atoms with van der Waals surface area (Å²) in [5, 5.41) is 9.31. The Morgan fingerprint density at radius 3 is 2.10 bits per heavy atom. The lowest BCUT2D eigenvalue weighted by molar-refractivity contribution is 0.102. The summed E-state index contributed by atoms with van der Waals surface area (Å²) in [6.45, 7) is 0. The zero-order valence-corrected chi connectivity index (χ0v) is 15.4. The van der Waals surface area contributed by atoms with E-state index in [1.165, 1.54) is 0 Å². The molecule has 0 aliphatic heterocycles. The lowest BCUT2D eigenvalue weighted by Gasteiger charge is -2.09. The van der Waals surface area contributed by atoms with Crippen molar-refractivity contribution in [2.75, 3.05) is 16.0 Å². The number of pyridine rings is 1. The minimum absolute atomic E-state index is 0.228. The first-order valence-electron chi connectivity index (χ1n) is 9.07. The molecule has 3 aromatic carbocycles. The second kappa shape index (κ2) is 8.22. The second-order valence-electron chi connectivity index (χ2n) is 6.39. The van der Waals surface area contributed by atoms with E-state index in [0.717, 1.165) is 10.9 Å². The van der Waals surface area contributed by atoms with Gasteiger partial charge < -0.3 is 16.0 Å². The smallest absolute Gasteiger partial charge is 0.322 e. The number of carbonyl (C=O) groups is 2. The van der Waals surface area contributed by atoms with E-state index in [4.69, 9.17) is 0 Å². The molecule has 0 aliphatic rings. The molecule has 0 atom stereocenters. The van der Waals surface area contributed by atoms with Gasteiger partial charge in [0.25, 0.3) is 5.91 Å².